The van der Waals surface area contributed by atoms with Crippen LogP contribution in [0.15, 0.2) is 86.7 Å². The summed E-state index contributed by atoms with van der Waals surface area (Å²) in [6.45, 7) is 1.51. The van der Waals surface area contributed by atoms with Crippen LogP contribution in [0.5, 0.6) is 0 Å². The van der Waals surface area contributed by atoms with Gasteiger partial charge in [-0.2, -0.15) is 0 Å². The van der Waals surface area contributed by atoms with Crippen molar-refractivity contribution >= 4 is 54.7 Å². The summed E-state index contributed by atoms with van der Waals surface area (Å²) in [5.74, 6) is 0.160. The van der Waals surface area contributed by atoms with E-state index >= 15 is 0 Å². The number of ketones is 1. The van der Waals surface area contributed by atoms with Crippen molar-refractivity contribution in [3.63, 3.8) is 0 Å². The molecule has 1 aliphatic heterocycles. The molecule has 0 N–H and O–H groups in total. The van der Waals surface area contributed by atoms with Gasteiger partial charge in [-0.25, -0.2) is 0 Å². The van der Waals surface area contributed by atoms with Crippen LogP contribution in [-0.2, 0) is 0 Å². The van der Waals surface area contributed by atoms with E-state index in [1.54, 1.807) is 0 Å². The second-order valence-corrected chi connectivity index (χ2v) is 8.80. The Bertz CT molecular complexity index is 1040. The minimum Gasteiger partial charge on any atom is -0.369 e. The largest absolute Gasteiger partial charge is 0.369 e. The molecule has 0 spiro atoms. The highest BCUT2D eigenvalue weighted by molar-refractivity contribution is 9.10. The van der Waals surface area contributed by atoms with E-state index < -0.39 is 0 Å². The van der Waals surface area contributed by atoms with Crippen LogP contribution in [0.25, 0.3) is 0 Å². The van der Waals surface area contributed by atoms with Gasteiger partial charge in [-0.15, -0.1) is 0 Å². The van der Waals surface area contributed by atoms with Gasteiger partial charge in [-0.1, -0.05) is 68.3 Å². The van der Waals surface area contributed by atoms with Gasteiger partial charge >= 0.3 is 0 Å². The number of anilines is 1. The van der Waals surface area contributed by atoms with Crippen molar-refractivity contribution in [3.8, 4) is 0 Å². The molecule has 146 valence electrons. The fourth-order valence-electron chi connectivity index (χ4n) is 3.49. The molecule has 0 saturated carbocycles. The fourth-order valence-corrected chi connectivity index (χ4v) is 4.02. The first-order valence-electron chi connectivity index (χ1n) is 9.56. The molecule has 0 amide bonds. The Morgan fingerprint density at radius 3 is 2.28 bits per heavy atom. The summed E-state index contributed by atoms with van der Waals surface area (Å²) in [6, 6.07) is 24.0. The third kappa shape index (κ3) is 4.85. The van der Waals surface area contributed by atoms with Crippen molar-refractivity contribution in [1.82, 2.24) is 0 Å². The van der Waals surface area contributed by atoms with Crippen molar-refractivity contribution in [2.45, 2.75) is 12.8 Å². The lowest BCUT2D eigenvalue weighted by Crippen LogP contribution is -2.27. The molecule has 0 atom stereocenters. The predicted molar refractivity (Wildman–Crippen MR) is 127 cm³/mol. The third-order valence-corrected chi connectivity index (χ3v) is 6.11. The molecule has 0 bridgehead atoms. The lowest BCUT2D eigenvalue weighted by atomic mass is 10.1. The van der Waals surface area contributed by atoms with Crippen LogP contribution in [0, 0.1) is 0 Å². The van der Waals surface area contributed by atoms with Crippen LogP contribution in [0.1, 0.15) is 28.8 Å². The number of hydrogen-bond donors (Lipinski definition) is 0. The maximum Gasteiger partial charge on any atom is 0.164 e. The van der Waals surface area contributed by atoms with Crippen LogP contribution in [0.2, 0.25) is 0 Å². The van der Waals surface area contributed by atoms with Gasteiger partial charge in [-0.3, -0.25) is 9.79 Å². The summed E-state index contributed by atoms with van der Waals surface area (Å²) in [6.07, 6.45) is 1.31. The average Bonchev–Trinajstić information content (AvgIpc) is 2.93. The zero-order valence-corrected chi connectivity index (χ0v) is 19.0. The van der Waals surface area contributed by atoms with Crippen LogP contribution < -0.4 is 4.90 Å². The first-order chi connectivity index (χ1) is 14.1. The minimum atomic E-state index is 0.160. The topological polar surface area (TPSA) is 32.7 Å². The number of carbonyl (C=O) groups is 1. The normalized spacial score (nSPS) is 13.4. The lowest BCUT2D eigenvalue weighted by molar-refractivity contribution is 0.0984. The Morgan fingerprint density at radius 1 is 0.897 bits per heavy atom. The van der Waals surface area contributed by atoms with E-state index in [-0.39, 0.29) is 5.78 Å². The Balaban J connectivity index is 1.52. The van der Waals surface area contributed by atoms with Gasteiger partial charge < -0.3 is 4.90 Å². The Labute approximate surface area is 187 Å². The third-order valence-electron chi connectivity index (χ3n) is 5.05. The molecule has 3 aromatic rings. The van der Waals surface area contributed by atoms with E-state index in [4.69, 9.17) is 4.99 Å². The molecule has 0 aromatic heterocycles. The number of halogens is 2. The first-order valence-corrected chi connectivity index (χ1v) is 11.1. The average molecular weight is 512 g/mol. The number of carbonyl (C=O) groups excluding carboxylic acids is 1. The lowest BCUT2D eigenvalue weighted by Gasteiger charge is -2.24. The Kier molecular flexibility index (Phi) is 6.26. The zero-order chi connectivity index (χ0) is 20.2. The minimum absolute atomic E-state index is 0.160. The zero-order valence-electron chi connectivity index (χ0n) is 15.8. The van der Waals surface area contributed by atoms with E-state index in [2.05, 4.69) is 55.0 Å². The molecule has 0 fully saturated rings. The van der Waals surface area contributed by atoms with E-state index in [0.717, 1.165) is 50.1 Å². The maximum absolute atomic E-state index is 12.6. The SMILES string of the molecule is O=C(CCN1CCC(c2ccc(Br)cc2)=Nc2ccccc21)c1ccc(Br)cc1. The second-order valence-electron chi connectivity index (χ2n) is 6.97. The molecule has 4 rings (SSSR count). The van der Waals surface area contributed by atoms with Crippen LogP contribution in [0.4, 0.5) is 11.4 Å². The molecular weight excluding hydrogens is 492 g/mol. The van der Waals surface area contributed by atoms with Gasteiger partial charge in [-0.05, 0) is 42.0 Å². The molecule has 3 aromatic carbocycles. The molecule has 0 radical (unpaired) electrons. The van der Waals surface area contributed by atoms with Gasteiger partial charge in [0.25, 0.3) is 0 Å². The molecule has 5 heteroatoms. The Morgan fingerprint density at radius 2 is 1.55 bits per heavy atom. The smallest absolute Gasteiger partial charge is 0.164 e. The van der Waals surface area contributed by atoms with Crippen molar-refractivity contribution in [2.24, 2.45) is 4.99 Å². The monoisotopic (exact) mass is 510 g/mol. The second kappa shape index (κ2) is 9.06. The van der Waals surface area contributed by atoms with Crippen LogP contribution in [-0.4, -0.2) is 24.6 Å². The fraction of sp³-hybridized carbons (Fsp3) is 0.167. The summed E-state index contributed by atoms with van der Waals surface area (Å²) in [5.41, 5.74) is 5.01. The number of hydrogen-bond acceptors (Lipinski definition) is 3. The van der Waals surface area contributed by atoms with Crippen LogP contribution >= 0.6 is 31.9 Å². The molecular formula is C24H20Br2N2O. The Hall–Kier alpha value is -2.24. The van der Waals surface area contributed by atoms with Crippen molar-refractivity contribution in [1.29, 1.82) is 0 Å². The highest BCUT2D eigenvalue weighted by atomic mass is 79.9. The van der Waals surface area contributed by atoms with E-state index in [0.29, 0.717) is 13.0 Å². The number of aliphatic imine (C=N–C) groups is 1. The standard InChI is InChI=1S/C24H20Br2N2O/c25-19-9-5-17(6-10-19)21-13-15-28(23-4-2-1-3-22(23)27-21)16-14-24(29)18-7-11-20(26)12-8-18/h1-12H,13-16H2. The molecule has 0 unspecified atom stereocenters. The molecule has 0 saturated heterocycles. The summed E-state index contributed by atoms with van der Waals surface area (Å²) in [7, 11) is 0. The van der Waals surface area contributed by atoms with Crippen molar-refractivity contribution in [2.75, 3.05) is 18.0 Å². The van der Waals surface area contributed by atoms with Crippen molar-refractivity contribution < 1.29 is 4.79 Å². The number of nitrogens with zero attached hydrogens (tertiary/aromatic N) is 2. The van der Waals surface area contributed by atoms with E-state index in [9.17, 15) is 4.79 Å². The number of para-hydroxylation sites is 2. The molecule has 1 heterocycles. The number of rotatable bonds is 5. The maximum atomic E-state index is 12.6. The van der Waals surface area contributed by atoms with Crippen molar-refractivity contribution in [3.05, 3.63) is 92.9 Å². The van der Waals surface area contributed by atoms with Gasteiger partial charge in [0.05, 0.1) is 17.1 Å². The molecule has 29 heavy (non-hydrogen) atoms. The molecule has 3 nitrogen and oxygen atoms in total. The van der Waals surface area contributed by atoms with E-state index in [1.165, 1.54) is 0 Å². The highest BCUT2D eigenvalue weighted by Crippen LogP contribution is 2.32. The van der Waals surface area contributed by atoms with E-state index in [1.807, 2.05) is 54.6 Å². The van der Waals surface area contributed by atoms with Crippen LogP contribution in [0.3, 0.4) is 0 Å². The van der Waals surface area contributed by atoms with Gasteiger partial charge in [0.15, 0.2) is 5.78 Å². The van der Waals surface area contributed by atoms with Gasteiger partial charge in [0, 0.05) is 40.4 Å². The summed E-state index contributed by atoms with van der Waals surface area (Å²) >= 11 is 6.91. The molecule has 0 aliphatic carbocycles. The predicted octanol–water partition coefficient (Wildman–Crippen LogP) is 6.82. The first kappa shape index (κ1) is 20.0. The van der Waals surface area contributed by atoms with Gasteiger partial charge in [0.1, 0.15) is 0 Å². The number of Topliss-reactive ketones (excluding diaryl/α,β-unsaturated/α-hetero) is 1. The summed E-state index contributed by atoms with van der Waals surface area (Å²) < 4.78 is 2.04. The number of benzene rings is 3. The summed E-state index contributed by atoms with van der Waals surface area (Å²) in [4.78, 5) is 19.9. The van der Waals surface area contributed by atoms with Gasteiger partial charge in [0.2, 0.25) is 0 Å². The molecule has 1 aliphatic rings. The highest BCUT2D eigenvalue weighted by Gasteiger charge is 2.19. The quantitative estimate of drug-likeness (QED) is 0.352. The summed E-state index contributed by atoms with van der Waals surface area (Å²) in [5, 5.41) is 0. The number of fused-ring (bicyclic) bond motifs is 1.